The van der Waals surface area contributed by atoms with E-state index in [1.165, 1.54) is 4.31 Å². The molecule has 1 unspecified atom stereocenters. The molecule has 8 heteroatoms. The molecule has 3 N–H and O–H groups in total. The number of sulfonamides is 1. The van der Waals surface area contributed by atoms with Gasteiger partial charge in [0.2, 0.25) is 10.0 Å². The molecule has 1 heterocycles. The molecule has 1 aliphatic heterocycles. The van der Waals surface area contributed by atoms with Crippen LogP contribution in [-0.4, -0.2) is 48.7 Å². The molecule has 24 heavy (non-hydrogen) atoms. The monoisotopic (exact) mass is 355 g/mol. The molecule has 0 amide bonds. The van der Waals surface area contributed by atoms with Crippen molar-refractivity contribution in [1.29, 1.82) is 0 Å². The van der Waals surface area contributed by atoms with Crippen molar-refractivity contribution in [2.75, 3.05) is 18.9 Å². The van der Waals surface area contributed by atoms with Crippen LogP contribution >= 0.6 is 0 Å². The highest BCUT2D eigenvalue weighted by molar-refractivity contribution is 7.89. The normalized spacial score (nSPS) is 20.2. The highest BCUT2D eigenvalue weighted by atomic mass is 32.2. The fourth-order valence-electron chi connectivity index (χ4n) is 2.83. The Morgan fingerprint density at radius 1 is 1.33 bits per heavy atom. The van der Waals surface area contributed by atoms with Crippen LogP contribution in [0.5, 0.6) is 0 Å². The Bertz CT molecular complexity index is 634. The molecular weight excluding hydrogens is 330 g/mol. The number of hydrogen-bond donors (Lipinski definition) is 2. The second-order valence-electron chi connectivity index (χ2n) is 5.85. The fraction of sp³-hybridized carbons (Fsp3) is 0.562. The molecule has 0 aromatic heterocycles. The van der Waals surface area contributed by atoms with Crippen LogP contribution in [0.1, 0.15) is 31.2 Å². The van der Waals surface area contributed by atoms with E-state index in [4.69, 9.17) is 15.7 Å². The Balaban J connectivity index is 1.81. The Morgan fingerprint density at radius 3 is 2.79 bits per heavy atom. The van der Waals surface area contributed by atoms with Crippen LogP contribution in [0.3, 0.4) is 0 Å². The standard InChI is InChI=1S/C16H25N3O4S/c17-16(18-20)15-9-4-5-10-19(15)24(21,22)12-6-11-23-13-14-7-2-1-3-8-14/h1-3,7-8,15,20H,4-6,9-13H2,(H2,17,18). The number of hydrogen-bond acceptors (Lipinski definition) is 5. The van der Waals surface area contributed by atoms with Gasteiger partial charge in [0.25, 0.3) is 0 Å². The van der Waals surface area contributed by atoms with Crippen molar-refractivity contribution in [3.63, 3.8) is 0 Å². The molecule has 7 nitrogen and oxygen atoms in total. The molecule has 1 atom stereocenters. The predicted octanol–water partition coefficient (Wildman–Crippen LogP) is 1.52. The molecule has 1 saturated heterocycles. The topological polar surface area (TPSA) is 105 Å². The number of ether oxygens (including phenoxy) is 1. The second kappa shape index (κ2) is 9.00. The third kappa shape index (κ3) is 5.19. The fourth-order valence-corrected chi connectivity index (χ4v) is 4.55. The molecule has 1 aromatic carbocycles. The average molecular weight is 355 g/mol. The van der Waals surface area contributed by atoms with Crippen LogP contribution in [0.4, 0.5) is 0 Å². The van der Waals surface area contributed by atoms with Crippen molar-refractivity contribution in [1.82, 2.24) is 4.31 Å². The summed E-state index contributed by atoms with van der Waals surface area (Å²) in [7, 11) is -3.45. The lowest BCUT2D eigenvalue weighted by atomic mass is 10.0. The molecule has 0 bridgehead atoms. The summed E-state index contributed by atoms with van der Waals surface area (Å²) < 4.78 is 31.9. The van der Waals surface area contributed by atoms with Gasteiger partial charge >= 0.3 is 0 Å². The summed E-state index contributed by atoms with van der Waals surface area (Å²) in [6, 6.07) is 9.20. The smallest absolute Gasteiger partial charge is 0.214 e. The highest BCUT2D eigenvalue weighted by Crippen LogP contribution is 2.21. The minimum absolute atomic E-state index is 0.00298. The van der Waals surface area contributed by atoms with Crippen molar-refractivity contribution < 1.29 is 18.4 Å². The number of oxime groups is 1. The zero-order valence-corrected chi connectivity index (χ0v) is 14.5. The summed E-state index contributed by atoms with van der Waals surface area (Å²) in [5.74, 6) is -0.0459. The Kier molecular flexibility index (Phi) is 7.01. The van der Waals surface area contributed by atoms with Gasteiger partial charge in [-0.2, -0.15) is 4.31 Å². The molecule has 0 aliphatic carbocycles. The Morgan fingerprint density at radius 2 is 2.08 bits per heavy atom. The van der Waals surface area contributed by atoms with Gasteiger partial charge < -0.3 is 15.7 Å². The number of benzene rings is 1. The Labute approximate surface area is 143 Å². The van der Waals surface area contributed by atoms with Gasteiger partial charge in [0.15, 0.2) is 5.84 Å². The zero-order chi connectivity index (χ0) is 17.4. The van der Waals surface area contributed by atoms with Crippen LogP contribution in [0.2, 0.25) is 0 Å². The second-order valence-corrected chi connectivity index (χ2v) is 7.90. The van der Waals surface area contributed by atoms with Crippen molar-refractivity contribution in [3.05, 3.63) is 35.9 Å². The minimum Gasteiger partial charge on any atom is -0.409 e. The number of piperidine rings is 1. The maximum absolute atomic E-state index is 12.5. The number of nitrogens with zero attached hydrogens (tertiary/aromatic N) is 2. The van der Waals surface area contributed by atoms with Crippen molar-refractivity contribution in [3.8, 4) is 0 Å². The summed E-state index contributed by atoms with van der Waals surface area (Å²) in [5, 5.41) is 11.8. The van der Waals surface area contributed by atoms with E-state index in [0.717, 1.165) is 18.4 Å². The van der Waals surface area contributed by atoms with E-state index in [1.807, 2.05) is 30.3 Å². The van der Waals surface area contributed by atoms with Crippen LogP contribution in [-0.2, 0) is 21.4 Å². The highest BCUT2D eigenvalue weighted by Gasteiger charge is 2.34. The maximum atomic E-state index is 12.5. The average Bonchev–Trinajstić information content (AvgIpc) is 2.61. The zero-order valence-electron chi connectivity index (χ0n) is 13.7. The van der Waals surface area contributed by atoms with E-state index in [2.05, 4.69) is 5.16 Å². The van der Waals surface area contributed by atoms with Crippen LogP contribution in [0, 0.1) is 0 Å². The van der Waals surface area contributed by atoms with Gasteiger partial charge in [-0.25, -0.2) is 8.42 Å². The number of amidine groups is 1. The Hall–Kier alpha value is -1.64. The van der Waals surface area contributed by atoms with Crippen LogP contribution in [0.15, 0.2) is 35.5 Å². The van der Waals surface area contributed by atoms with E-state index < -0.39 is 16.1 Å². The van der Waals surface area contributed by atoms with Crippen molar-refractivity contribution >= 4 is 15.9 Å². The molecule has 1 fully saturated rings. The first kappa shape index (κ1) is 18.7. The molecule has 0 spiro atoms. The van der Waals surface area contributed by atoms with Crippen LogP contribution in [0.25, 0.3) is 0 Å². The van der Waals surface area contributed by atoms with E-state index >= 15 is 0 Å². The lowest BCUT2D eigenvalue weighted by molar-refractivity contribution is 0.121. The largest absolute Gasteiger partial charge is 0.409 e. The summed E-state index contributed by atoms with van der Waals surface area (Å²) in [4.78, 5) is 0. The van der Waals surface area contributed by atoms with Gasteiger partial charge in [0.1, 0.15) is 0 Å². The van der Waals surface area contributed by atoms with E-state index in [0.29, 0.717) is 32.6 Å². The van der Waals surface area contributed by atoms with Gasteiger partial charge in [-0.1, -0.05) is 41.9 Å². The summed E-state index contributed by atoms with van der Waals surface area (Å²) in [6.45, 7) is 1.25. The lowest BCUT2D eigenvalue weighted by Crippen LogP contribution is -2.51. The minimum atomic E-state index is -3.45. The SMILES string of the molecule is N/C(=N/O)C1CCCCN1S(=O)(=O)CCCOCc1ccccc1. The molecule has 1 aromatic rings. The van der Waals surface area contributed by atoms with Gasteiger partial charge in [0.05, 0.1) is 18.4 Å². The van der Waals surface area contributed by atoms with Gasteiger partial charge in [-0.05, 0) is 24.8 Å². The van der Waals surface area contributed by atoms with Gasteiger partial charge in [0, 0.05) is 13.2 Å². The maximum Gasteiger partial charge on any atom is 0.214 e. The molecule has 0 radical (unpaired) electrons. The quantitative estimate of drug-likeness (QED) is 0.242. The van der Waals surface area contributed by atoms with Gasteiger partial charge in [-0.15, -0.1) is 0 Å². The van der Waals surface area contributed by atoms with Gasteiger partial charge in [-0.3, -0.25) is 0 Å². The summed E-state index contributed by atoms with van der Waals surface area (Å²) in [6.07, 6.45) is 2.65. The molecule has 2 rings (SSSR count). The summed E-state index contributed by atoms with van der Waals surface area (Å²) in [5.41, 5.74) is 6.70. The molecular formula is C16H25N3O4S. The summed E-state index contributed by atoms with van der Waals surface area (Å²) >= 11 is 0. The van der Waals surface area contributed by atoms with Crippen molar-refractivity contribution in [2.45, 2.75) is 38.3 Å². The first-order valence-electron chi connectivity index (χ1n) is 8.13. The molecule has 0 saturated carbocycles. The first-order chi connectivity index (χ1) is 11.5. The molecule has 134 valence electrons. The van der Waals surface area contributed by atoms with Crippen molar-refractivity contribution in [2.24, 2.45) is 10.9 Å². The van der Waals surface area contributed by atoms with Crippen LogP contribution < -0.4 is 5.73 Å². The predicted molar refractivity (Wildman–Crippen MR) is 92.3 cm³/mol. The van der Waals surface area contributed by atoms with E-state index in [9.17, 15) is 8.42 Å². The third-order valence-corrected chi connectivity index (χ3v) is 6.03. The van der Waals surface area contributed by atoms with E-state index in [1.54, 1.807) is 0 Å². The number of rotatable bonds is 8. The first-order valence-corrected chi connectivity index (χ1v) is 9.74. The molecule has 1 aliphatic rings. The lowest BCUT2D eigenvalue weighted by Gasteiger charge is -2.33. The number of nitrogens with two attached hydrogens (primary N) is 1. The van der Waals surface area contributed by atoms with E-state index in [-0.39, 0.29) is 11.6 Å². The third-order valence-electron chi connectivity index (χ3n) is 4.07.